The van der Waals surface area contributed by atoms with Gasteiger partial charge in [-0.1, -0.05) is 24.3 Å². The molecule has 0 spiro atoms. The van der Waals surface area contributed by atoms with E-state index in [0.29, 0.717) is 5.92 Å². The Kier molecular flexibility index (Phi) is 4.31. The lowest BCUT2D eigenvalue weighted by Crippen LogP contribution is -2.62. The smallest absolute Gasteiger partial charge is 0.0594 e. The number of nitrogens with one attached hydrogen (secondary N) is 1. The lowest BCUT2D eigenvalue weighted by atomic mass is 9.72. The maximum absolute atomic E-state index is 5.90. The zero-order chi connectivity index (χ0) is 14.9. The van der Waals surface area contributed by atoms with Gasteiger partial charge in [0.05, 0.1) is 13.2 Å². The molecule has 2 aliphatic rings. The molecule has 1 fully saturated rings. The Morgan fingerprint density at radius 1 is 1.33 bits per heavy atom. The average molecular weight is 289 g/mol. The van der Waals surface area contributed by atoms with Crippen molar-refractivity contribution in [3.63, 3.8) is 0 Å². The Balaban J connectivity index is 1.67. The van der Waals surface area contributed by atoms with Crippen LogP contribution in [0.15, 0.2) is 24.3 Å². The van der Waals surface area contributed by atoms with Crippen LogP contribution in [0, 0.1) is 0 Å². The zero-order valence-electron chi connectivity index (χ0n) is 13.1. The Hall–Kier alpha value is -0.940. The zero-order valence-corrected chi connectivity index (χ0v) is 13.1. The molecule has 1 aromatic carbocycles. The summed E-state index contributed by atoms with van der Waals surface area (Å²) in [5.74, 6) is 6.55. The molecule has 0 amide bonds. The summed E-state index contributed by atoms with van der Waals surface area (Å²) in [7, 11) is 0. The van der Waals surface area contributed by atoms with E-state index in [1.54, 1.807) is 0 Å². The minimum Gasteiger partial charge on any atom is -0.379 e. The molecule has 3 rings (SSSR count). The van der Waals surface area contributed by atoms with Crippen molar-refractivity contribution in [3.8, 4) is 0 Å². The highest BCUT2D eigenvalue weighted by molar-refractivity contribution is 5.40. The third-order valence-corrected chi connectivity index (χ3v) is 5.36. The second-order valence-corrected chi connectivity index (χ2v) is 6.81. The first-order valence-corrected chi connectivity index (χ1v) is 7.99. The lowest BCUT2D eigenvalue weighted by molar-refractivity contribution is -0.0255. The third-order valence-electron chi connectivity index (χ3n) is 5.36. The molecule has 1 aliphatic carbocycles. The number of hydrazine groups is 1. The van der Waals surface area contributed by atoms with E-state index in [1.165, 1.54) is 17.5 Å². The fraction of sp³-hybridized carbons (Fsp3) is 0.647. The molecule has 21 heavy (non-hydrogen) atoms. The van der Waals surface area contributed by atoms with Gasteiger partial charge in [-0.2, -0.15) is 0 Å². The first-order chi connectivity index (χ1) is 10.1. The number of ether oxygens (including phenoxy) is 1. The van der Waals surface area contributed by atoms with Crippen LogP contribution in [-0.2, 0) is 11.2 Å². The molecular formula is C17H27N3O. The third kappa shape index (κ3) is 2.86. The number of hydrogen-bond donors (Lipinski definition) is 2. The van der Waals surface area contributed by atoms with Gasteiger partial charge in [0, 0.05) is 24.7 Å². The van der Waals surface area contributed by atoms with Crippen LogP contribution in [0.5, 0.6) is 0 Å². The summed E-state index contributed by atoms with van der Waals surface area (Å²) in [5, 5.41) is 0. The first-order valence-electron chi connectivity index (χ1n) is 7.99. The highest BCUT2D eigenvalue weighted by Crippen LogP contribution is 2.39. The summed E-state index contributed by atoms with van der Waals surface area (Å²) in [5.41, 5.74) is 6.14. The minimum absolute atomic E-state index is 0.0447. The highest BCUT2D eigenvalue weighted by Gasteiger charge is 2.39. The number of fused-ring (bicyclic) bond motifs is 1. The number of hydrogen-bond acceptors (Lipinski definition) is 4. The van der Waals surface area contributed by atoms with Crippen LogP contribution in [-0.4, -0.2) is 42.8 Å². The van der Waals surface area contributed by atoms with E-state index in [9.17, 15) is 0 Å². The van der Waals surface area contributed by atoms with E-state index in [-0.39, 0.29) is 11.6 Å². The molecule has 4 nitrogen and oxygen atoms in total. The molecule has 0 radical (unpaired) electrons. The second kappa shape index (κ2) is 6.05. The largest absolute Gasteiger partial charge is 0.379 e. The Bertz CT molecular complexity index is 483. The summed E-state index contributed by atoms with van der Waals surface area (Å²) in [6.07, 6.45) is 2.28. The second-order valence-electron chi connectivity index (χ2n) is 6.81. The number of morpholine rings is 1. The van der Waals surface area contributed by atoms with Gasteiger partial charge in [0.25, 0.3) is 0 Å². The van der Waals surface area contributed by atoms with E-state index in [0.717, 1.165) is 32.7 Å². The van der Waals surface area contributed by atoms with E-state index in [4.69, 9.17) is 10.6 Å². The molecule has 1 heterocycles. The van der Waals surface area contributed by atoms with Gasteiger partial charge in [-0.3, -0.25) is 16.2 Å². The van der Waals surface area contributed by atoms with Crippen molar-refractivity contribution in [3.05, 3.63) is 35.4 Å². The fourth-order valence-electron chi connectivity index (χ4n) is 3.78. The molecule has 4 heteroatoms. The van der Waals surface area contributed by atoms with Crippen LogP contribution in [0.25, 0.3) is 0 Å². The molecule has 0 saturated carbocycles. The van der Waals surface area contributed by atoms with Crippen LogP contribution < -0.4 is 11.3 Å². The highest BCUT2D eigenvalue weighted by atomic mass is 16.5. The van der Waals surface area contributed by atoms with Gasteiger partial charge in [-0.05, 0) is 43.7 Å². The van der Waals surface area contributed by atoms with Crippen molar-refractivity contribution in [1.29, 1.82) is 0 Å². The summed E-state index contributed by atoms with van der Waals surface area (Å²) in [6.45, 7) is 8.24. The van der Waals surface area contributed by atoms with E-state index in [2.05, 4.69) is 48.4 Å². The van der Waals surface area contributed by atoms with Gasteiger partial charge in [0.15, 0.2) is 0 Å². The Morgan fingerprint density at radius 2 is 2.05 bits per heavy atom. The normalized spacial score (nSPS) is 24.2. The summed E-state index contributed by atoms with van der Waals surface area (Å²) in [4.78, 5) is 2.51. The summed E-state index contributed by atoms with van der Waals surface area (Å²) >= 11 is 0. The van der Waals surface area contributed by atoms with Crippen molar-refractivity contribution in [1.82, 2.24) is 10.3 Å². The van der Waals surface area contributed by atoms with Crippen molar-refractivity contribution >= 4 is 0 Å². The van der Waals surface area contributed by atoms with Crippen LogP contribution in [0.4, 0.5) is 0 Å². The molecule has 0 aromatic heterocycles. The van der Waals surface area contributed by atoms with Crippen LogP contribution >= 0.6 is 0 Å². The number of nitrogens with zero attached hydrogens (tertiary/aromatic N) is 1. The van der Waals surface area contributed by atoms with E-state index in [1.807, 2.05) is 0 Å². The topological polar surface area (TPSA) is 50.5 Å². The van der Waals surface area contributed by atoms with Crippen LogP contribution in [0.2, 0.25) is 0 Å². The lowest BCUT2D eigenvalue weighted by Gasteiger charge is -2.47. The molecule has 116 valence electrons. The predicted molar refractivity (Wildman–Crippen MR) is 85.1 cm³/mol. The van der Waals surface area contributed by atoms with Crippen LogP contribution in [0.1, 0.15) is 37.3 Å². The van der Waals surface area contributed by atoms with Gasteiger partial charge in [0.2, 0.25) is 0 Å². The molecular weight excluding hydrogens is 262 g/mol. The Morgan fingerprint density at radius 3 is 2.71 bits per heavy atom. The van der Waals surface area contributed by atoms with E-state index < -0.39 is 0 Å². The molecule has 2 unspecified atom stereocenters. The van der Waals surface area contributed by atoms with Gasteiger partial charge in [-0.15, -0.1) is 0 Å². The SMILES string of the molecule is CC(C)(C(CC1Cc2ccccc21)NN)N1CCOCC1. The average Bonchev–Trinajstić information content (AvgIpc) is 2.49. The van der Waals surface area contributed by atoms with Crippen LogP contribution in [0.3, 0.4) is 0 Å². The standard InChI is InChI=1S/C17H27N3O/c1-17(2,20-7-9-21-10-8-20)16(19-18)12-14-11-13-5-3-4-6-15(13)14/h3-6,14,16,19H,7-12,18H2,1-2H3. The van der Waals surface area contributed by atoms with Gasteiger partial charge < -0.3 is 4.74 Å². The maximum atomic E-state index is 5.90. The monoisotopic (exact) mass is 289 g/mol. The number of nitrogens with two attached hydrogens (primary N) is 1. The molecule has 2 atom stereocenters. The van der Waals surface area contributed by atoms with Gasteiger partial charge in [-0.25, -0.2) is 0 Å². The van der Waals surface area contributed by atoms with Crippen molar-refractivity contribution in [2.75, 3.05) is 26.3 Å². The number of rotatable bonds is 5. The molecule has 1 aromatic rings. The predicted octanol–water partition coefficient (Wildman–Crippen LogP) is 1.66. The number of benzene rings is 1. The van der Waals surface area contributed by atoms with E-state index >= 15 is 0 Å². The molecule has 0 bridgehead atoms. The van der Waals surface area contributed by atoms with Gasteiger partial charge >= 0.3 is 0 Å². The molecule has 3 N–H and O–H groups in total. The minimum atomic E-state index is 0.0447. The maximum Gasteiger partial charge on any atom is 0.0594 e. The van der Waals surface area contributed by atoms with Gasteiger partial charge in [0.1, 0.15) is 0 Å². The summed E-state index contributed by atoms with van der Waals surface area (Å²) < 4.78 is 5.47. The molecule has 1 saturated heterocycles. The summed E-state index contributed by atoms with van der Waals surface area (Å²) in [6, 6.07) is 9.06. The quantitative estimate of drug-likeness (QED) is 0.639. The fourth-order valence-corrected chi connectivity index (χ4v) is 3.78. The Labute approximate surface area is 127 Å². The van der Waals surface area contributed by atoms with Crippen molar-refractivity contribution < 1.29 is 4.74 Å². The first kappa shape index (κ1) is 15.0. The van der Waals surface area contributed by atoms with Crippen molar-refractivity contribution in [2.24, 2.45) is 5.84 Å². The van der Waals surface area contributed by atoms with Crippen molar-refractivity contribution in [2.45, 2.75) is 44.2 Å². The molecule has 1 aliphatic heterocycles.